The summed E-state index contributed by atoms with van der Waals surface area (Å²) in [5.41, 5.74) is -0.0355. The fraction of sp³-hybridized carbons (Fsp3) is 0.500. The van der Waals surface area contributed by atoms with Gasteiger partial charge in [-0.3, -0.25) is 0 Å². The van der Waals surface area contributed by atoms with E-state index in [1.165, 1.54) is 12.1 Å². The van der Waals surface area contributed by atoms with Gasteiger partial charge in [0.2, 0.25) is 0 Å². The van der Waals surface area contributed by atoms with Gasteiger partial charge in [0.25, 0.3) is 0 Å². The lowest BCUT2D eigenvalue weighted by molar-refractivity contribution is -0.147. The molecule has 5 heteroatoms. The lowest BCUT2D eigenvalue weighted by Gasteiger charge is -2.15. The Morgan fingerprint density at radius 1 is 1.19 bits per heavy atom. The lowest BCUT2D eigenvalue weighted by atomic mass is 10.2. The number of rotatable bonds is 9. The quantitative estimate of drug-likeness (QED) is 0.430. The normalized spacial score (nSPS) is 11.9. The first-order valence-electron chi connectivity index (χ1n) is 7.25. The number of hydrogen-bond acceptors (Lipinski definition) is 4. The van der Waals surface area contributed by atoms with Crippen LogP contribution in [0.2, 0.25) is 0 Å². The topological polar surface area (TPSA) is 72.8 Å². The van der Waals surface area contributed by atoms with E-state index in [1.54, 1.807) is 12.1 Å². The van der Waals surface area contributed by atoms with Crippen LogP contribution in [0.3, 0.4) is 0 Å². The minimum atomic E-state index is -1.13. The average Bonchev–Trinajstić information content (AvgIpc) is 2.47. The Labute approximate surface area is 124 Å². The maximum Gasteiger partial charge on any atom is 0.340 e. The molecule has 1 rings (SSSR count). The molecule has 0 amide bonds. The molecule has 0 bridgehead atoms. The van der Waals surface area contributed by atoms with Gasteiger partial charge in [-0.1, -0.05) is 38.8 Å². The molecule has 0 aromatic heterocycles. The van der Waals surface area contributed by atoms with Crippen molar-refractivity contribution in [2.75, 3.05) is 6.61 Å². The Balaban J connectivity index is 2.63. The molecule has 1 aromatic rings. The Morgan fingerprint density at radius 3 is 2.52 bits per heavy atom. The number of carbonyl (C=O) groups is 2. The summed E-state index contributed by atoms with van der Waals surface area (Å²) in [6, 6.07) is 6.07. The predicted octanol–water partition coefficient (Wildman–Crippen LogP) is 3.28. The van der Waals surface area contributed by atoms with Crippen molar-refractivity contribution in [3.05, 3.63) is 29.8 Å². The van der Waals surface area contributed by atoms with E-state index in [0.29, 0.717) is 13.0 Å². The third kappa shape index (κ3) is 5.55. The highest BCUT2D eigenvalue weighted by Gasteiger charge is 2.21. The van der Waals surface area contributed by atoms with E-state index in [-0.39, 0.29) is 11.3 Å². The van der Waals surface area contributed by atoms with Crippen molar-refractivity contribution < 1.29 is 24.2 Å². The molecule has 0 saturated carbocycles. The van der Waals surface area contributed by atoms with Crippen molar-refractivity contribution >= 4 is 11.9 Å². The van der Waals surface area contributed by atoms with Gasteiger partial charge in [0.1, 0.15) is 11.3 Å². The molecule has 0 saturated heterocycles. The van der Waals surface area contributed by atoms with Crippen molar-refractivity contribution in [3.63, 3.8) is 0 Å². The SMILES string of the molecule is CCCCCOC(CC)C(=O)Oc1ccccc1C(=O)O. The fourth-order valence-electron chi connectivity index (χ4n) is 1.84. The molecule has 0 spiro atoms. The summed E-state index contributed by atoms with van der Waals surface area (Å²) in [4.78, 5) is 23.1. The highest BCUT2D eigenvalue weighted by atomic mass is 16.6. The number of aromatic carboxylic acids is 1. The summed E-state index contributed by atoms with van der Waals surface area (Å²) in [5.74, 6) is -1.64. The lowest BCUT2D eigenvalue weighted by Crippen LogP contribution is -2.29. The second-order valence-corrected chi connectivity index (χ2v) is 4.70. The smallest absolute Gasteiger partial charge is 0.340 e. The van der Waals surface area contributed by atoms with E-state index in [2.05, 4.69) is 6.92 Å². The minimum Gasteiger partial charge on any atom is -0.478 e. The van der Waals surface area contributed by atoms with Crippen LogP contribution in [-0.4, -0.2) is 29.8 Å². The van der Waals surface area contributed by atoms with Gasteiger partial charge in [-0.25, -0.2) is 9.59 Å². The number of esters is 1. The van der Waals surface area contributed by atoms with Crippen LogP contribution >= 0.6 is 0 Å². The number of unbranched alkanes of at least 4 members (excludes halogenated alkanes) is 2. The summed E-state index contributed by atoms with van der Waals surface area (Å²) < 4.78 is 10.7. The zero-order valence-corrected chi connectivity index (χ0v) is 12.5. The van der Waals surface area contributed by atoms with Gasteiger partial charge < -0.3 is 14.6 Å². The van der Waals surface area contributed by atoms with Gasteiger partial charge in [-0.2, -0.15) is 0 Å². The van der Waals surface area contributed by atoms with Gasteiger partial charge in [-0.15, -0.1) is 0 Å². The third-order valence-corrected chi connectivity index (χ3v) is 3.03. The van der Waals surface area contributed by atoms with Crippen LogP contribution < -0.4 is 4.74 Å². The molecule has 5 nitrogen and oxygen atoms in total. The minimum absolute atomic E-state index is 0.0355. The summed E-state index contributed by atoms with van der Waals surface area (Å²) in [6.45, 7) is 4.42. The summed E-state index contributed by atoms with van der Waals surface area (Å²) >= 11 is 0. The van der Waals surface area contributed by atoms with E-state index in [4.69, 9.17) is 14.6 Å². The molecule has 0 fully saturated rings. The van der Waals surface area contributed by atoms with Crippen LogP contribution in [-0.2, 0) is 9.53 Å². The van der Waals surface area contributed by atoms with E-state index >= 15 is 0 Å². The number of carboxylic acid groups (broad SMARTS) is 1. The molecule has 21 heavy (non-hydrogen) atoms. The number of carboxylic acids is 1. The van der Waals surface area contributed by atoms with Crippen molar-refractivity contribution in [3.8, 4) is 5.75 Å². The number of carbonyl (C=O) groups excluding carboxylic acids is 1. The Kier molecular flexibility index (Phi) is 7.46. The van der Waals surface area contributed by atoms with Crippen LogP contribution in [0.5, 0.6) is 5.75 Å². The van der Waals surface area contributed by atoms with Crippen LogP contribution in [0, 0.1) is 0 Å². The first kappa shape index (κ1) is 17.2. The molecule has 0 aliphatic heterocycles. The Hall–Kier alpha value is -1.88. The zero-order chi connectivity index (χ0) is 15.7. The van der Waals surface area contributed by atoms with Gasteiger partial charge >= 0.3 is 11.9 Å². The van der Waals surface area contributed by atoms with Crippen molar-refractivity contribution in [1.29, 1.82) is 0 Å². The predicted molar refractivity (Wildman–Crippen MR) is 78.6 cm³/mol. The highest BCUT2D eigenvalue weighted by molar-refractivity contribution is 5.92. The van der Waals surface area contributed by atoms with Gasteiger partial charge in [-0.05, 0) is 25.0 Å². The number of benzene rings is 1. The molecule has 1 aromatic carbocycles. The first-order chi connectivity index (χ1) is 10.1. The van der Waals surface area contributed by atoms with Gasteiger partial charge in [0.15, 0.2) is 6.10 Å². The number of para-hydroxylation sites is 1. The third-order valence-electron chi connectivity index (χ3n) is 3.03. The first-order valence-corrected chi connectivity index (χ1v) is 7.25. The highest BCUT2D eigenvalue weighted by Crippen LogP contribution is 2.19. The molecule has 0 aliphatic rings. The van der Waals surface area contributed by atoms with Crippen LogP contribution in [0.4, 0.5) is 0 Å². The maximum absolute atomic E-state index is 12.0. The second kappa shape index (κ2) is 9.13. The molecule has 1 atom stereocenters. The molecule has 116 valence electrons. The van der Waals surface area contributed by atoms with Crippen LogP contribution in [0.25, 0.3) is 0 Å². The number of hydrogen-bond donors (Lipinski definition) is 1. The van der Waals surface area contributed by atoms with E-state index < -0.39 is 18.0 Å². The van der Waals surface area contributed by atoms with Crippen molar-refractivity contribution in [2.45, 2.75) is 45.6 Å². The molecule has 0 heterocycles. The molecular weight excluding hydrogens is 272 g/mol. The maximum atomic E-state index is 12.0. The van der Waals surface area contributed by atoms with E-state index in [9.17, 15) is 9.59 Å². The second-order valence-electron chi connectivity index (χ2n) is 4.70. The van der Waals surface area contributed by atoms with Gasteiger partial charge in [0.05, 0.1) is 0 Å². The Morgan fingerprint density at radius 2 is 1.90 bits per heavy atom. The van der Waals surface area contributed by atoms with Crippen LogP contribution in [0.15, 0.2) is 24.3 Å². The molecular formula is C16H22O5. The van der Waals surface area contributed by atoms with Crippen LogP contribution in [0.1, 0.15) is 49.9 Å². The molecule has 0 aliphatic carbocycles. The molecule has 1 unspecified atom stereocenters. The number of ether oxygens (including phenoxy) is 2. The largest absolute Gasteiger partial charge is 0.478 e. The van der Waals surface area contributed by atoms with Gasteiger partial charge in [0, 0.05) is 6.61 Å². The van der Waals surface area contributed by atoms with Crippen molar-refractivity contribution in [2.24, 2.45) is 0 Å². The van der Waals surface area contributed by atoms with E-state index in [1.807, 2.05) is 6.92 Å². The summed E-state index contributed by atoms with van der Waals surface area (Å²) in [5, 5.41) is 9.05. The standard InChI is InChI=1S/C16H22O5/c1-3-5-8-11-20-13(4-2)16(19)21-14-10-7-6-9-12(14)15(17)18/h6-7,9-10,13H,3-5,8,11H2,1-2H3,(H,17,18). The molecule has 0 radical (unpaired) electrons. The zero-order valence-electron chi connectivity index (χ0n) is 12.5. The van der Waals surface area contributed by atoms with Crippen molar-refractivity contribution in [1.82, 2.24) is 0 Å². The summed E-state index contributed by atoms with van der Waals surface area (Å²) in [6.07, 6.45) is 2.85. The summed E-state index contributed by atoms with van der Waals surface area (Å²) in [7, 11) is 0. The Bertz CT molecular complexity index is 469. The average molecular weight is 294 g/mol. The molecule has 1 N–H and O–H groups in total. The fourth-order valence-corrected chi connectivity index (χ4v) is 1.84. The monoisotopic (exact) mass is 294 g/mol. The van der Waals surface area contributed by atoms with E-state index in [0.717, 1.165) is 19.3 Å².